The van der Waals surface area contributed by atoms with Crippen LogP contribution in [0.1, 0.15) is 328 Å². The topological polar surface area (TPSA) is 95.9 Å². The first-order valence-corrected chi connectivity index (χ1v) is 31.4. The fraction of sp³-hybridized carbons (Fsp3) is 0.846. The summed E-state index contributed by atoms with van der Waals surface area (Å²) in [6, 6.07) is -0.626. The number of hydrogen-bond donors (Lipinski definition) is 3. The van der Waals surface area contributed by atoms with Gasteiger partial charge in [0.15, 0.2) is 0 Å². The Balaban J connectivity index is 3.38. The maximum Gasteiger partial charge on any atom is 0.305 e. The van der Waals surface area contributed by atoms with E-state index in [2.05, 4.69) is 55.6 Å². The predicted molar refractivity (Wildman–Crippen MR) is 310 cm³/mol. The molecule has 0 rings (SSSR count). The average molecular weight is 997 g/mol. The van der Waals surface area contributed by atoms with Gasteiger partial charge in [0.25, 0.3) is 0 Å². The van der Waals surface area contributed by atoms with Gasteiger partial charge in [-0.15, -0.1) is 0 Å². The average Bonchev–Trinajstić information content (AvgIpc) is 3.37. The fourth-order valence-corrected chi connectivity index (χ4v) is 9.49. The normalized spacial score (nSPS) is 12.9. The van der Waals surface area contributed by atoms with Gasteiger partial charge >= 0.3 is 5.97 Å². The molecule has 0 spiro atoms. The van der Waals surface area contributed by atoms with Gasteiger partial charge in [0.1, 0.15) is 0 Å². The summed E-state index contributed by atoms with van der Waals surface area (Å²) < 4.78 is 5.47. The van der Waals surface area contributed by atoms with Crippen LogP contribution in [0.5, 0.6) is 0 Å². The molecule has 416 valence electrons. The van der Waals surface area contributed by atoms with E-state index in [-0.39, 0.29) is 18.5 Å². The van der Waals surface area contributed by atoms with Crippen LogP contribution in [-0.2, 0) is 14.3 Å². The van der Waals surface area contributed by atoms with Crippen molar-refractivity contribution in [1.82, 2.24) is 5.32 Å². The largest absolute Gasteiger partial charge is 0.466 e. The number of hydrogen-bond acceptors (Lipinski definition) is 5. The van der Waals surface area contributed by atoms with Crippen LogP contribution in [0.2, 0.25) is 0 Å². The third kappa shape index (κ3) is 57.0. The molecule has 6 nitrogen and oxygen atoms in total. The van der Waals surface area contributed by atoms with Gasteiger partial charge in [0.2, 0.25) is 5.91 Å². The van der Waals surface area contributed by atoms with Crippen molar-refractivity contribution in [3.05, 3.63) is 48.6 Å². The zero-order valence-corrected chi connectivity index (χ0v) is 47.5. The highest BCUT2D eigenvalue weighted by Crippen LogP contribution is 2.17. The number of unbranched alkanes of at least 4 members (excludes halogenated alkanes) is 41. The standard InChI is InChI=1S/C65H121NO5/c1-3-5-7-9-11-13-15-34-39-43-47-51-55-59-65(70)71-60-56-52-48-44-40-36-33-31-29-27-25-23-21-19-17-18-20-22-24-26-28-30-32-35-38-42-46-50-54-58-64(69)66-62(61-67)63(68)57-53-49-45-41-37-16-14-12-10-8-6-4-2/h7,9,13,15,17,19,53,57,62-63,67-68H,3-6,8,10-12,14,16,18,20-52,54-56,58-61H2,1-2H3,(H,66,69)/b9-7-,15-13-,19-17-,57-53+. The molecule has 0 saturated heterocycles. The number of rotatable bonds is 58. The van der Waals surface area contributed by atoms with Crippen molar-refractivity contribution in [3.8, 4) is 0 Å². The molecule has 0 aliphatic carbocycles. The lowest BCUT2D eigenvalue weighted by Crippen LogP contribution is -2.45. The molecule has 0 aromatic carbocycles. The summed E-state index contributed by atoms with van der Waals surface area (Å²) >= 11 is 0. The molecule has 2 atom stereocenters. The number of esters is 1. The predicted octanol–water partition coefficient (Wildman–Crippen LogP) is 19.7. The number of amides is 1. The zero-order chi connectivity index (χ0) is 51.4. The van der Waals surface area contributed by atoms with Gasteiger partial charge in [-0.3, -0.25) is 9.59 Å². The summed E-state index contributed by atoms with van der Waals surface area (Å²) in [5, 5.41) is 23.1. The van der Waals surface area contributed by atoms with E-state index in [0.29, 0.717) is 19.4 Å². The molecule has 0 bridgehead atoms. The van der Waals surface area contributed by atoms with Crippen molar-refractivity contribution in [1.29, 1.82) is 0 Å². The number of aliphatic hydroxyl groups excluding tert-OH is 2. The van der Waals surface area contributed by atoms with Crippen molar-refractivity contribution >= 4 is 11.9 Å². The van der Waals surface area contributed by atoms with E-state index in [1.165, 1.54) is 250 Å². The van der Waals surface area contributed by atoms with Crippen LogP contribution in [0.25, 0.3) is 0 Å². The van der Waals surface area contributed by atoms with Gasteiger partial charge < -0.3 is 20.3 Å². The molecule has 0 aromatic heterocycles. The molecule has 3 N–H and O–H groups in total. The first-order valence-electron chi connectivity index (χ1n) is 31.4. The Morgan fingerprint density at radius 2 is 0.732 bits per heavy atom. The van der Waals surface area contributed by atoms with E-state index in [0.717, 1.165) is 51.4 Å². The van der Waals surface area contributed by atoms with E-state index in [1.807, 2.05) is 6.08 Å². The highest BCUT2D eigenvalue weighted by atomic mass is 16.5. The minimum Gasteiger partial charge on any atom is -0.466 e. The molecule has 0 heterocycles. The second kappa shape index (κ2) is 60.4. The molecular weight excluding hydrogens is 875 g/mol. The molecule has 0 radical (unpaired) electrons. The van der Waals surface area contributed by atoms with Crippen molar-refractivity contribution < 1.29 is 24.5 Å². The summed E-state index contributed by atoms with van der Waals surface area (Å²) in [6.07, 6.45) is 77.4. The number of allylic oxidation sites excluding steroid dienone is 7. The molecule has 1 amide bonds. The molecule has 0 saturated carbocycles. The molecule has 2 unspecified atom stereocenters. The Kier molecular flexibility index (Phi) is 58.5. The van der Waals surface area contributed by atoms with Crippen LogP contribution in [0, 0.1) is 0 Å². The van der Waals surface area contributed by atoms with Crippen LogP contribution < -0.4 is 5.32 Å². The lowest BCUT2D eigenvalue weighted by Gasteiger charge is -2.20. The summed E-state index contributed by atoms with van der Waals surface area (Å²) in [6.45, 7) is 4.83. The van der Waals surface area contributed by atoms with Crippen molar-refractivity contribution in [2.45, 2.75) is 341 Å². The second-order valence-electron chi connectivity index (χ2n) is 21.4. The van der Waals surface area contributed by atoms with Gasteiger partial charge in [-0.05, 0) is 83.5 Å². The molecular formula is C65H121NO5. The Labute approximate surface area is 442 Å². The summed E-state index contributed by atoms with van der Waals surface area (Å²) in [5.74, 6) is -0.0673. The number of nitrogens with one attached hydrogen (secondary N) is 1. The van der Waals surface area contributed by atoms with Gasteiger partial charge in [-0.25, -0.2) is 0 Å². The van der Waals surface area contributed by atoms with E-state index in [1.54, 1.807) is 6.08 Å². The minimum absolute atomic E-state index is 0.000336. The highest BCUT2D eigenvalue weighted by molar-refractivity contribution is 5.76. The highest BCUT2D eigenvalue weighted by Gasteiger charge is 2.18. The van der Waals surface area contributed by atoms with E-state index in [4.69, 9.17) is 4.74 Å². The number of carbonyl (C=O) groups excluding carboxylic acids is 2. The first-order chi connectivity index (χ1) is 35.0. The van der Waals surface area contributed by atoms with Gasteiger partial charge in [-0.2, -0.15) is 0 Å². The van der Waals surface area contributed by atoms with Crippen molar-refractivity contribution in [2.75, 3.05) is 13.2 Å². The zero-order valence-electron chi connectivity index (χ0n) is 47.5. The van der Waals surface area contributed by atoms with E-state index in [9.17, 15) is 19.8 Å². The molecule has 71 heavy (non-hydrogen) atoms. The van der Waals surface area contributed by atoms with Crippen molar-refractivity contribution in [3.63, 3.8) is 0 Å². The SMILES string of the molecule is CCC/C=C\C/C=C\CCCCCCCC(=O)OCCCCCCCCCCCCCC/C=C\CCCCCCCCCCCCCCCC(=O)NC(CO)C(O)/C=C/CCCCCCCCCCCC. The Morgan fingerprint density at radius 3 is 1.14 bits per heavy atom. The number of ether oxygens (including phenoxy) is 1. The quantitative estimate of drug-likeness (QED) is 0.0321. The molecule has 0 aliphatic rings. The van der Waals surface area contributed by atoms with Gasteiger partial charge in [0, 0.05) is 12.8 Å². The third-order valence-corrected chi connectivity index (χ3v) is 14.3. The smallest absolute Gasteiger partial charge is 0.305 e. The third-order valence-electron chi connectivity index (χ3n) is 14.3. The van der Waals surface area contributed by atoms with Crippen LogP contribution >= 0.6 is 0 Å². The first kappa shape index (κ1) is 68.8. The molecule has 0 fully saturated rings. The van der Waals surface area contributed by atoms with Crippen molar-refractivity contribution in [2.24, 2.45) is 0 Å². The van der Waals surface area contributed by atoms with Gasteiger partial charge in [-0.1, -0.05) is 281 Å². The van der Waals surface area contributed by atoms with Crippen LogP contribution in [0.4, 0.5) is 0 Å². The van der Waals surface area contributed by atoms with Crippen LogP contribution in [-0.4, -0.2) is 47.4 Å². The summed E-state index contributed by atoms with van der Waals surface area (Å²) in [4.78, 5) is 24.5. The molecule has 6 heteroatoms. The Bertz CT molecular complexity index is 1190. The minimum atomic E-state index is -0.843. The fourth-order valence-electron chi connectivity index (χ4n) is 9.49. The Morgan fingerprint density at radius 1 is 0.394 bits per heavy atom. The van der Waals surface area contributed by atoms with Crippen LogP contribution in [0.3, 0.4) is 0 Å². The molecule has 0 aliphatic heterocycles. The maximum atomic E-state index is 12.4. The van der Waals surface area contributed by atoms with Crippen LogP contribution in [0.15, 0.2) is 48.6 Å². The van der Waals surface area contributed by atoms with E-state index < -0.39 is 12.1 Å². The number of carbonyl (C=O) groups is 2. The summed E-state index contributed by atoms with van der Waals surface area (Å²) in [7, 11) is 0. The monoisotopic (exact) mass is 996 g/mol. The maximum absolute atomic E-state index is 12.4. The van der Waals surface area contributed by atoms with E-state index >= 15 is 0 Å². The Hall–Kier alpha value is -2.18. The lowest BCUT2D eigenvalue weighted by molar-refractivity contribution is -0.143. The lowest BCUT2D eigenvalue weighted by atomic mass is 10.0. The molecule has 0 aromatic rings. The second-order valence-corrected chi connectivity index (χ2v) is 21.4. The number of aliphatic hydroxyl groups is 2. The summed E-state index contributed by atoms with van der Waals surface area (Å²) in [5.41, 5.74) is 0. The van der Waals surface area contributed by atoms with Gasteiger partial charge in [0.05, 0.1) is 25.4 Å².